The molecule has 0 spiro atoms. The monoisotopic (exact) mass is 271 g/mol. The smallest absolute Gasteiger partial charge is 0.335 e. The molecule has 0 aromatic heterocycles. The third-order valence-corrected chi connectivity index (χ3v) is 3.40. The lowest BCUT2D eigenvalue weighted by Crippen LogP contribution is -2.34. The molecule has 0 heterocycles. The fourth-order valence-electron chi connectivity index (χ4n) is 2.13. The number of terminal acetylenes is 1. The van der Waals surface area contributed by atoms with Gasteiger partial charge in [-0.05, 0) is 30.4 Å². The van der Waals surface area contributed by atoms with Crippen molar-refractivity contribution < 1.29 is 14.7 Å². The molecule has 1 fully saturated rings. The minimum Gasteiger partial charge on any atom is -0.478 e. The van der Waals surface area contributed by atoms with Crippen molar-refractivity contribution in [1.82, 2.24) is 4.90 Å². The third kappa shape index (κ3) is 3.61. The van der Waals surface area contributed by atoms with Gasteiger partial charge in [-0.3, -0.25) is 4.79 Å². The molecule has 1 aromatic carbocycles. The Morgan fingerprint density at radius 2 is 2.05 bits per heavy atom. The zero-order chi connectivity index (χ0) is 14.5. The molecule has 1 aliphatic carbocycles. The summed E-state index contributed by atoms with van der Waals surface area (Å²) >= 11 is 0. The molecule has 1 aliphatic rings. The molecular formula is C16H17NO3. The van der Waals surface area contributed by atoms with E-state index in [1.165, 1.54) is 6.07 Å². The minimum atomic E-state index is -1.01. The van der Waals surface area contributed by atoms with Gasteiger partial charge in [0.1, 0.15) is 0 Å². The van der Waals surface area contributed by atoms with Crippen LogP contribution in [0.15, 0.2) is 24.3 Å². The quantitative estimate of drug-likeness (QED) is 0.803. The van der Waals surface area contributed by atoms with Gasteiger partial charge in [-0.25, -0.2) is 4.79 Å². The molecule has 1 N–H and O–H groups in total. The van der Waals surface area contributed by atoms with Gasteiger partial charge in [0.25, 0.3) is 0 Å². The maximum Gasteiger partial charge on any atom is 0.335 e. The zero-order valence-electron chi connectivity index (χ0n) is 11.2. The van der Waals surface area contributed by atoms with Crippen molar-refractivity contribution in [2.45, 2.75) is 19.3 Å². The Morgan fingerprint density at radius 1 is 1.35 bits per heavy atom. The van der Waals surface area contributed by atoms with Gasteiger partial charge in [-0.15, -0.1) is 6.42 Å². The van der Waals surface area contributed by atoms with E-state index in [9.17, 15) is 9.59 Å². The van der Waals surface area contributed by atoms with E-state index >= 15 is 0 Å². The molecule has 0 atom stereocenters. The SMILES string of the molecule is C#CCN(CC1CC1)C(=O)Cc1ccccc1C(=O)O. The van der Waals surface area contributed by atoms with E-state index in [1.807, 2.05) is 0 Å². The molecule has 0 radical (unpaired) electrons. The molecule has 0 unspecified atom stereocenters. The Hall–Kier alpha value is -2.28. The number of nitrogens with zero attached hydrogens (tertiary/aromatic N) is 1. The van der Waals surface area contributed by atoms with Gasteiger partial charge in [0.05, 0.1) is 18.5 Å². The van der Waals surface area contributed by atoms with Crippen molar-refractivity contribution in [3.8, 4) is 12.3 Å². The van der Waals surface area contributed by atoms with E-state index in [2.05, 4.69) is 5.92 Å². The average molecular weight is 271 g/mol. The summed E-state index contributed by atoms with van der Waals surface area (Å²) in [6.07, 6.45) is 7.65. The molecule has 4 heteroatoms. The third-order valence-electron chi connectivity index (χ3n) is 3.40. The van der Waals surface area contributed by atoms with Gasteiger partial charge in [0.15, 0.2) is 0 Å². The fraction of sp³-hybridized carbons (Fsp3) is 0.375. The van der Waals surface area contributed by atoms with E-state index < -0.39 is 5.97 Å². The number of carboxylic acid groups (broad SMARTS) is 1. The van der Waals surface area contributed by atoms with Gasteiger partial charge >= 0.3 is 5.97 Å². The van der Waals surface area contributed by atoms with Crippen LogP contribution in [-0.2, 0) is 11.2 Å². The van der Waals surface area contributed by atoms with Crippen LogP contribution in [0.1, 0.15) is 28.8 Å². The van der Waals surface area contributed by atoms with E-state index in [-0.39, 0.29) is 24.4 Å². The number of carbonyl (C=O) groups is 2. The van der Waals surface area contributed by atoms with Crippen molar-refractivity contribution in [1.29, 1.82) is 0 Å². The summed E-state index contributed by atoms with van der Waals surface area (Å²) in [5.74, 6) is 1.93. The molecule has 2 rings (SSSR count). The lowest BCUT2D eigenvalue weighted by atomic mass is 10.0. The summed E-state index contributed by atoms with van der Waals surface area (Å²) in [4.78, 5) is 25.1. The van der Waals surface area contributed by atoms with E-state index in [0.29, 0.717) is 18.0 Å². The first-order chi connectivity index (χ1) is 9.61. The normalized spacial score (nSPS) is 13.6. The van der Waals surface area contributed by atoms with Crippen molar-refractivity contribution in [2.75, 3.05) is 13.1 Å². The number of hydrogen-bond acceptors (Lipinski definition) is 2. The van der Waals surface area contributed by atoms with Crippen molar-refractivity contribution in [3.05, 3.63) is 35.4 Å². The van der Waals surface area contributed by atoms with Crippen molar-refractivity contribution in [3.63, 3.8) is 0 Å². The van der Waals surface area contributed by atoms with Crippen LogP contribution in [0.4, 0.5) is 0 Å². The number of hydrogen-bond donors (Lipinski definition) is 1. The lowest BCUT2D eigenvalue weighted by molar-refractivity contribution is -0.130. The topological polar surface area (TPSA) is 57.6 Å². The van der Waals surface area contributed by atoms with E-state index in [0.717, 1.165) is 12.8 Å². The average Bonchev–Trinajstić information content (AvgIpc) is 3.22. The molecule has 4 nitrogen and oxygen atoms in total. The van der Waals surface area contributed by atoms with Crippen LogP contribution in [-0.4, -0.2) is 35.0 Å². The highest BCUT2D eigenvalue weighted by atomic mass is 16.4. The first-order valence-electron chi connectivity index (χ1n) is 6.64. The molecular weight excluding hydrogens is 254 g/mol. The van der Waals surface area contributed by atoms with Crippen LogP contribution in [0.25, 0.3) is 0 Å². The number of amides is 1. The molecule has 1 amide bonds. The number of carbonyl (C=O) groups excluding carboxylic acids is 1. The van der Waals surface area contributed by atoms with Gasteiger partial charge in [0, 0.05) is 6.54 Å². The number of carboxylic acids is 1. The molecule has 0 saturated heterocycles. The van der Waals surface area contributed by atoms with E-state index in [1.54, 1.807) is 23.1 Å². The largest absolute Gasteiger partial charge is 0.478 e. The Bertz CT molecular complexity index is 555. The van der Waals surface area contributed by atoms with Crippen molar-refractivity contribution >= 4 is 11.9 Å². The summed E-state index contributed by atoms with van der Waals surface area (Å²) in [6, 6.07) is 6.58. The van der Waals surface area contributed by atoms with Crippen LogP contribution in [0, 0.1) is 18.3 Å². The highest BCUT2D eigenvalue weighted by Crippen LogP contribution is 2.29. The molecule has 20 heavy (non-hydrogen) atoms. The van der Waals surface area contributed by atoms with Gasteiger partial charge in [-0.2, -0.15) is 0 Å². The predicted octanol–water partition coefficient (Wildman–Crippen LogP) is 1.80. The minimum absolute atomic E-state index is 0.0802. The molecule has 1 aromatic rings. The van der Waals surface area contributed by atoms with Crippen LogP contribution >= 0.6 is 0 Å². The lowest BCUT2D eigenvalue weighted by Gasteiger charge is -2.20. The van der Waals surface area contributed by atoms with Gasteiger partial charge in [-0.1, -0.05) is 24.1 Å². The summed E-state index contributed by atoms with van der Waals surface area (Å²) in [6.45, 7) is 0.961. The maximum absolute atomic E-state index is 12.3. The highest BCUT2D eigenvalue weighted by Gasteiger charge is 2.26. The highest BCUT2D eigenvalue weighted by molar-refractivity contribution is 5.91. The second-order valence-corrected chi connectivity index (χ2v) is 5.06. The van der Waals surface area contributed by atoms with Gasteiger partial charge in [0.2, 0.25) is 5.91 Å². The maximum atomic E-state index is 12.3. The predicted molar refractivity (Wildman–Crippen MR) is 75.2 cm³/mol. The first-order valence-corrected chi connectivity index (χ1v) is 6.64. The summed E-state index contributed by atoms with van der Waals surface area (Å²) in [5, 5.41) is 9.12. The number of rotatable bonds is 6. The fourth-order valence-corrected chi connectivity index (χ4v) is 2.13. The summed E-state index contributed by atoms with van der Waals surface area (Å²) < 4.78 is 0. The molecule has 0 aliphatic heterocycles. The second-order valence-electron chi connectivity index (χ2n) is 5.06. The standard InChI is InChI=1S/C16H17NO3/c1-2-9-17(11-12-7-8-12)15(18)10-13-5-3-4-6-14(13)16(19)20/h1,3-6,12H,7-11H2,(H,19,20). The Kier molecular flexibility index (Phi) is 4.41. The van der Waals surface area contributed by atoms with E-state index in [4.69, 9.17) is 11.5 Å². The van der Waals surface area contributed by atoms with Crippen LogP contribution in [0.2, 0.25) is 0 Å². The Balaban J connectivity index is 2.09. The Labute approximate surface area is 118 Å². The number of aromatic carboxylic acids is 1. The second kappa shape index (κ2) is 6.25. The van der Waals surface area contributed by atoms with Crippen LogP contribution < -0.4 is 0 Å². The number of benzene rings is 1. The van der Waals surface area contributed by atoms with Crippen molar-refractivity contribution in [2.24, 2.45) is 5.92 Å². The molecule has 104 valence electrons. The first kappa shape index (κ1) is 14.1. The summed E-state index contributed by atoms with van der Waals surface area (Å²) in [5.41, 5.74) is 0.704. The zero-order valence-corrected chi connectivity index (χ0v) is 11.2. The molecule has 0 bridgehead atoms. The summed E-state index contributed by atoms with van der Waals surface area (Å²) in [7, 11) is 0. The van der Waals surface area contributed by atoms with Crippen LogP contribution in [0.5, 0.6) is 0 Å². The van der Waals surface area contributed by atoms with Gasteiger partial charge < -0.3 is 10.0 Å². The van der Waals surface area contributed by atoms with Crippen LogP contribution in [0.3, 0.4) is 0 Å². The Morgan fingerprint density at radius 3 is 2.65 bits per heavy atom. The molecule has 1 saturated carbocycles.